The summed E-state index contributed by atoms with van der Waals surface area (Å²) in [5.41, 5.74) is 7.40. The molecule has 0 saturated heterocycles. The first-order valence-electron chi connectivity index (χ1n) is 9.08. The lowest BCUT2D eigenvalue weighted by Crippen LogP contribution is -2.20. The Kier molecular flexibility index (Phi) is 6.87. The molecule has 8 heteroatoms. The molecule has 0 unspecified atom stereocenters. The first kappa shape index (κ1) is 21.9. The molecular weight excluding hydrogens is 369 g/mol. The molecule has 1 heterocycles. The lowest BCUT2D eigenvalue weighted by Gasteiger charge is -2.26. The quantitative estimate of drug-likeness (QED) is 0.649. The lowest BCUT2D eigenvalue weighted by atomic mass is 9.79. The van der Waals surface area contributed by atoms with Crippen LogP contribution in [0, 0.1) is 6.92 Å². The maximum atomic E-state index is 12.8. The Morgan fingerprint density at radius 1 is 1.07 bits per heavy atom. The van der Waals surface area contributed by atoms with Gasteiger partial charge in [0.2, 0.25) is 5.95 Å². The van der Waals surface area contributed by atoms with Gasteiger partial charge in [0.1, 0.15) is 5.82 Å². The zero-order valence-electron chi connectivity index (χ0n) is 16.7. The summed E-state index contributed by atoms with van der Waals surface area (Å²) in [4.78, 5) is 8.54. The van der Waals surface area contributed by atoms with E-state index in [0.29, 0.717) is 31.8 Å². The second-order valence-corrected chi connectivity index (χ2v) is 7.37. The van der Waals surface area contributed by atoms with Crippen molar-refractivity contribution in [3.63, 3.8) is 0 Å². The number of nitrogens with zero attached hydrogens (tertiary/aromatic N) is 2. The number of ether oxygens (including phenoxy) is 1. The SMILES string of the molecule is COCCNc1nc(N)nc(C)c1CCC(C)(C)c1ccc(C(F)(F)F)cc1. The Morgan fingerprint density at radius 2 is 1.68 bits per heavy atom. The van der Waals surface area contributed by atoms with Gasteiger partial charge < -0.3 is 15.8 Å². The number of hydrogen-bond donors (Lipinski definition) is 2. The van der Waals surface area contributed by atoms with Crippen LogP contribution >= 0.6 is 0 Å². The molecule has 2 aromatic rings. The Bertz CT molecular complexity index is 789. The van der Waals surface area contributed by atoms with E-state index in [-0.39, 0.29) is 11.4 Å². The van der Waals surface area contributed by atoms with Crippen LogP contribution in [0.15, 0.2) is 24.3 Å². The van der Waals surface area contributed by atoms with Crippen molar-refractivity contribution >= 4 is 11.8 Å². The highest BCUT2D eigenvalue weighted by Gasteiger charge is 2.31. The van der Waals surface area contributed by atoms with Gasteiger partial charge in [-0.1, -0.05) is 26.0 Å². The highest BCUT2D eigenvalue weighted by atomic mass is 19.4. The Hall–Kier alpha value is -2.35. The molecule has 5 nitrogen and oxygen atoms in total. The highest BCUT2D eigenvalue weighted by Crippen LogP contribution is 2.34. The number of nitrogens with two attached hydrogens (primary N) is 1. The predicted octanol–water partition coefficient (Wildman–Crippen LogP) is 4.35. The van der Waals surface area contributed by atoms with Crippen molar-refractivity contribution in [3.05, 3.63) is 46.6 Å². The molecule has 0 radical (unpaired) electrons. The number of nitrogen functional groups attached to an aromatic ring is 1. The summed E-state index contributed by atoms with van der Waals surface area (Å²) < 4.78 is 43.4. The van der Waals surface area contributed by atoms with Crippen LogP contribution in [0.2, 0.25) is 0 Å². The van der Waals surface area contributed by atoms with Crippen LogP contribution in [0.4, 0.5) is 24.9 Å². The molecule has 0 saturated carbocycles. The van der Waals surface area contributed by atoms with E-state index in [0.717, 1.165) is 29.0 Å². The summed E-state index contributed by atoms with van der Waals surface area (Å²) in [5.74, 6) is 0.869. The number of methoxy groups -OCH3 is 1. The molecular formula is C20H27F3N4O. The molecule has 0 aliphatic carbocycles. The number of aryl methyl sites for hydroxylation is 1. The third kappa shape index (κ3) is 5.58. The second kappa shape index (κ2) is 8.77. The topological polar surface area (TPSA) is 73.1 Å². The fourth-order valence-corrected chi connectivity index (χ4v) is 3.03. The number of anilines is 2. The van der Waals surface area contributed by atoms with Crippen molar-refractivity contribution in [2.24, 2.45) is 0 Å². The maximum Gasteiger partial charge on any atom is 0.416 e. The monoisotopic (exact) mass is 396 g/mol. The van der Waals surface area contributed by atoms with Gasteiger partial charge in [0.25, 0.3) is 0 Å². The van der Waals surface area contributed by atoms with Gasteiger partial charge in [-0.05, 0) is 42.9 Å². The number of hydrogen-bond acceptors (Lipinski definition) is 5. The van der Waals surface area contributed by atoms with Gasteiger partial charge >= 0.3 is 6.18 Å². The van der Waals surface area contributed by atoms with Crippen LogP contribution in [0.5, 0.6) is 0 Å². The van der Waals surface area contributed by atoms with Gasteiger partial charge in [-0.15, -0.1) is 0 Å². The van der Waals surface area contributed by atoms with E-state index in [2.05, 4.69) is 15.3 Å². The second-order valence-electron chi connectivity index (χ2n) is 7.37. The number of benzene rings is 1. The van der Waals surface area contributed by atoms with Gasteiger partial charge in [0.05, 0.1) is 12.2 Å². The normalized spacial score (nSPS) is 12.2. The third-order valence-corrected chi connectivity index (χ3v) is 4.82. The minimum atomic E-state index is -4.33. The van der Waals surface area contributed by atoms with E-state index in [4.69, 9.17) is 10.5 Å². The van der Waals surface area contributed by atoms with Gasteiger partial charge in [-0.3, -0.25) is 0 Å². The van der Waals surface area contributed by atoms with Gasteiger partial charge in [-0.2, -0.15) is 18.2 Å². The molecule has 28 heavy (non-hydrogen) atoms. The molecule has 1 aromatic carbocycles. The number of halogens is 3. The summed E-state index contributed by atoms with van der Waals surface area (Å²) in [6.45, 7) is 7.02. The number of alkyl halides is 3. The van der Waals surface area contributed by atoms with E-state index in [9.17, 15) is 13.2 Å². The first-order chi connectivity index (χ1) is 13.0. The minimum absolute atomic E-state index is 0.197. The van der Waals surface area contributed by atoms with Crippen molar-refractivity contribution in [1.29, 1.82) is 0 Å². The summed E-state index contributed by atoms with van der Waals surface area (Å²) in [6.07, 6.45) is -2.95. The van der Waals surface area contributed by atoms with Gasteiger partial charge in [0, 0.05) is 24.9 Å². The van der Waals surface area contributed by atoms with Crippen LogP contribution < -0.4 is 11.1 Å². The van der Waals surface area contributed by atoms with E-state index in [1.165, 1.54) is 0 Å². The average molecular weight is 396 g/mol. The molecule has 154 valence electrons. The Labute approximate surface area is 163 Å². The first-order valence-corrected chi connectivity index (χ1v) is 9.08. The van der Waals surface area contributed by atoms with Crippen molar-refractivity contribution in [2.45, 2.75) is 45.2 Å². The molecule has 3 N–H and O–H groups in total. The van der Waals surface area contributed by atoms with E-state index < -0.39 is 11.7 Å². The molecule has 0 atom stereocenters. The number of nitrogens with one attached hydrogen (secondary N) is 1. The fourth-order valence-electron chi connectivity index (χ4n) is 3.03. The van der Waals surface area contributed by atoms with Crippen molar-refractivity contribution in [2.75, 3.05) is 31.3 Å². The van der Waals surface area contributed by atoms with Crippen LogP contribution in [-0.4, -0.2) is 30.2 Å². The molecule has 2 rings (SSSR count). The highest BCUT2D eigenvalue weighted by molar-refractivity contribution is 5.49. The third-order valence-electron chi connectivity index (χ3n) is 4.82. The molecule has 0 aliphatic heterocycles. The zero-order valence-corrected chi connectivity index (χ0v) is 16.7. The van der Waals surface area contributed by atoms with E-state index in [1.807, 2.05) is 20.8 Å². The van der Waals surface area contributed by atoms with E-state index in [1.54, 1.807) is 19.2 Å². The fraction of sp³-hybridized carbons (Fsp3) is 0.500. The zero-order chi connectivity index (χ0) is 20.9. The molecule has 0 amide bonds. The molecule has 0 fully saturated rings. The van der Waals surface area contributed by atoms with E-state index >= 15 is 0 Å². The molecule has 0 spiro atoms. The van der Waals surface area contributed by atoms with Crippen LogP contribution in [0.25, 0.3) is 0 Å². The summed E-state index contributed by atoms with van der Waals surface area (Å²) in [7, 11) is 1.62. The molecule has 1 aromatic heterocycles. The van der Waals surface area contributed by atoms with Gasteiger partial charge in [0.15, 0.2) is 0 Å². The summed E-state index contributed by atoms with van der Waals surface area (Å²) >= 11 is 0. The number of aromatic nitrogens is 2. The smallest absolute Gasteiger partial charge is 0.383 e. The van der Waals surface area contributed by atoms with Crippen LogP contribution in [0.1, 0.15) is 42.7 Å². The largest absolute Gasteiger partial charge is 0.416 e. The molecule has 0 bridgehead atoms. The maximum absolute atomic E-state index is 12.8. The summed E-state index contributed by atoms with van der Waals surface area (Å²) in [6, 6.07) is 5.36. The predicted molar refractivity (Wildman–Crippen MR) is 104 cm³/mol. The van der Waals surface area contributed by atoms with Crippen molar-refractivity contribution in [3.8, 4) is 0 Å². The van der Waals surface area contributed by atoms with Gasteiger partial charge in [-0.25, -0.2) is 4.98 Å². The van der Waals surface area contributed by atoms with Crippen molar-refractivity contribution < 1.29 is 17.9 Å². The summed E-state index contributed by atoms with van der Waals surface area (Å²) in [5, 5.41) is 3.21. The number of rotatable bonds is 8. The standard InChI is InChI=1S/C20H27F3N4O/c1-13-16(17(25-11-12-28-4)27-18(24)26-13)9-10-19(2,3)14-5-7-15(8-6-14)20(21,22)23/h5-8H,9-12H2,1-4H3,(H3,24,25,26,27). The Balaban J connectivity index is 2.17. The average Bonchev–Trinajstić information content (AvgIpc) is 2.60. The molecule has 0 aliphatic rings. The lowest BCUT2D eigenvalue weighted by molar-refractivity contribution is -0.137. The van der Waals surface area contributed by atoms with Crippen molar-refractivity contribution in [1.82, 2.24) is 9.97 Å². The Morgan fingerprint density at radius 3 is 2.25 bits per heavy atom. The van der Waals surface area contributed by atoms with Crippen LogP contribution in [0.3, 0.4) is 0 Å². The minimum Gasteiger partial charge on any atom is -0.383 e. The van der Waals surface area contributed by atoms with Crippen LogP contribution in [-0.2, 0) is 22.7 Å².